The molecule has 0 aliphatic heterocycles. The second-order valence-corrected chi connectivity index (χ2v) is 5.28. The van der Waals surface area contributed by atoms with Gasteiger partial charge in [-0.15, -0.1) is 0 Å². The number of benzene rings is 2. The first-order valence-corrected chi connectivity index (χ1v) is 7.46. The molecular formula is C19H20N2O3. The molecule has 24 heavy (non-hydrogen) atoms. The molecule has 0 heterocycles. The molecule has 0 aliphatic carbocycles. The summed E-state index contributed by atoms with van der Waals surface area (Å²) in [5, 5.41) is 0. The van der Waals surface area contributed by atoms with Crippen LogP contribution in [-0.2, 0) is 16.1 Å². The molecular weight excluding hydrogens is 304 g/mol. The minimum absolute atomic E-state index is 0.151. The van der Waals surface area contributed by atoms with Crippen LogP contribution in [0.25, 0.3) is 0 Å². The Morgan fingerprint density at radius 2 is 1.62 bits per heavy atom. The van der Waals surface area contributed by atoms with Gasteiger partial charge in [-0.3, -0.25) is 0 Å². The summed E-state index contributed by atoms with van der Waals surface area (Å²) in [5.41, 5.74) is 7.38. The van der Waals surface area contributed by atoms with Crippen LogP contribution in [0.15, 0.2) is 72.8 Å². The third-order valence-electron chi connectivity index (χ3n) is 3.68. The molecule has 0 bridgehead atoms. The van der Waals surface area contributed by atoms with Crippen LogP contribution in [0, 0.1) is 0 Å². The maximum atomic E-state index is 12.1. The number of hydrogen-bond donors (Lipinski definition) is 1. The summed E-state index contributed by atoms with van der Waals surface area (Å²) >= 11 is 0. The Labute approximate surface area is 141 Å². The van der Waals surface area contributed by atoms with E-state index in [1.54, 1.807) is 0 Å². The Morgan fingerprint density at radius 3 is 2.12 bits per heavy atom. The topological polar surface area (TPSA) is 72.6 Å². The van der Waals surface area contributed by atoms with Gasteiger partial charge in [-0.25, -0.2) is 9.59 Å². The van der Waals surface area contributed by atoms with Crippen molar-refractivity contribution in [3.63, 3.8) is 0 Å². The highest BCUT2D eigenvalue weighted by Crippen LogP contribution is 2.29. The fourth-order valence-corrected chi connectivity index (χ4v) is 2.52. The Balaban J connectivity index is 2.43. The van der Waals surface area contributed by atoms with Gasteiger partial charge in [0.25, 0.3) is 0 Å². The Morgan fingerprint density at radius 1 is 1.08 bits per heavy atom. The predicted octanol–water partition coefficient (Wildman–Crippen LogP) is 3.04. The lowest BCUT2D eigenvalue weighted by Crippen LogP contribution is -2.40. The molecule has 1 unspecified atom stereocenters. The quantitative estimate of drug-likeness (QED) is 0.655. The van der Waals surface area contributed by atoms with Crippen molar-refractivity contribution in [3.8, 4) is 0 Å². The smallest absolute Gasteiger partial charge is 0.335 e. The van der Waals surface area contributed by atoms with E-state index in [1.165, 1.54) is 12.0 Å². The molecule has 2 N–H and O–H groups in total. The van der Waals surface area contributed by atoms with Crippen LogP contribution in [0.5, 0.6) is 0 Å². The third kappa shape index (κ3) is 4.01. The van der Waals surface area contributed by atoms with Crippen LogP contribution >= 0.6 is 0 Å². The van der Waals surface area contributed by atoms with E-state index in [0.29, 0.717) is 0 Å². The van der Waals surface area contributed by atoms with E-state index in [-0.39, 0.29) is 12.1 Å². The van der Waals surface area contributed by atoms with E-state index in [4.69, 9.17) is 10.5 Å². The summed E-state index contributed by atoms with van der Waals surface area (Å²) in [7, 11) is 1.28. The molecule has 0 radical (unpaired) electrons. The van der Waals surface area contributed by atoms with Crippen molar-refractivity contribution in [3.05, 3.63) is 83.9 Å². The zero-order valence-corrected chi connectivity index (χ0v) is 13.5. The van der Waals surface area contributed by atoms with Gasteiger partial charge in [0, 0.05) is 6.54 Å². The first-order valence-electron chi connectivity index (χ1n) is 7.46. The molecule has 0 saturated carbocycles. The SMILES string of the molecule is C=C(C(=O)OC)C(c1ccccc1)N(Cc1ccccc1)C(N)=O. The maximum absolute atomic E-state index is 12.1. The number of rotatable bonds is 6. The molecule has 5 nitrogen and oxygen atoms in total. The second-order valence-electron chi connectivity index (χ2n) is 5.28. The lowest BCUT2D eigenvalue weighted by molar-refractivity contribution is -0.136. The third-order valence-corrected chi connectivity index (χ3v) is 3.68. The minimum Gasteiger partial charge on any atom is -0.466 e. The number of methoxy groups -OCH3 is 1. The van der Waals surface area contributed by atoms with Gasteiger partial charge in [0.05, 0.1) is 18.7 Å². The molecule has 0 spiro atoms. The molecule has 0 fully saturated rings. The molecule has 0 aromatic heterocycles. The zero-order valence-electron chi connectivity index (χ0n) is 13.5. The number of carbonyl (C=O) groups excluding carboxylic acids is 2. The van der Waals surface area contributed by atoms with Crippen LogP contribution in [-0.4, -0.2) is 24.0 Å². The van der Waals surface area contributed by atoms with E-state index in [2.05, 4.69) is 6.58 Å². The Bertz CT molecular complexity index is 714. The van der Waals surface area contributed by atoms with E-state index in [9.17, 15) is 9.59 Å². The van der Waals surface area contributed by atoms with Crippen molar-refractivity contribution in [1.82, 2.24) is 4.90 Å². The molecule has 124 valence electrons. The number of primary amides is 1. The van der Waals surface area contributed by atoms with Gasteiger partial charge in [0.15, 0.2) is 0 Å². The molecule has 2 amide bonds. The van der Waals surface area contributed by atoms with Crippen molar-refractivity contribution in [2.75, 3.05) is 7.11 Å². The van der Waals surface area contributed by atoms with Crippen molar-refractivity contribution >= 4 is 12.0 Å². The largest absolute Gasteiger partial charge is 0.466 e. The lowest BCUT2D eigenvalue weighted by atomic mass is 9.97. The number of ether oxygens (including phenoxy) is 1. The molecule has 1 atom stereocenters. The average Bonchev–Trinajstić information content (AvgIpc) is 2.62. The highest BCUT2D eigenvalue weighted by Gasteiger charge is 2.30. The first kappa shape index (κ1) is 17.3. The van der Waals surface area contributed by atoms with E-state index in [0.717, 1.165) is 11.1 Å². The summed E-state index contributed by atoms with van der Waals surface area (Å²) in [6.45, 7) is 4.08. The number of carbonyl (C=O) groups is 2. The van der Waals surface area contributed by atoms with Crippen molar-refractivity contribution in [2.24, 2.45) is 5.73 Å². The van der Waals surface area contributed by atoms with Gasteiger partial charge in [-0.05, 0) is 11.1 Å². The maximum Gasteiger partial charge on any atom is 0.335 e. The normalized spacial score (nSPS) is 11.4. The monoisotopic (exact) mass is 324 g/mol. The van der Waals surface area contributed by atoms with E-state index >= 15 is 0 Å². The fourth-order valence-electron chi connectivity index (χ4n) is 2.52. The van der Waals surface area contributed by atoms with Crippen molar-refractivity contribution in [1.29, 1.82) is 0 Å². The highest BCUT2D eigenvalue weighted by atomic mass is 16.5. The first-order chi connectivity index (χ1) is 11.5. The van der Waals surface area contributed by atoms with Crippen LogP contribution in [0.1, 0.15) is 17.2 Å². The number of amides is 2. The molecule has 2 rings (SSSR count). The number of esters is 1. The van der Waals surface area contributed by atoms with Gasteiger partial charge in [-0.1, -0.05) is 67.2 Å². The molecule has 0 saturated heterocycles. The lowest BCUT2D eigenvalue weighted by Gasteiger charge is -2.31. The molecule has 2 aromatic carbocycles. The summed E-state index contributed by atoms with van der Waals surface area (Å²) in [4.78, 5) is 25.5. The summed E-state index contributed by atoms with van der Waals surface area (Å²) < 4.78 is 4.78. The minimum atomic E-state index is -0.698. The molecule has 0 aliphatic rings. The van der Waals surface area contributed by atoms with Crippen molar-refractivity contribution < 1.29 is 14.3 Å². The summed E-state index contributed by atoms with van der Waals surface area (Å²) in [6.07, 6.45) is 0. The Hall–Kier alpha value is -3.08. The number of nitrogens with zero attached hydrogens (tertiary/aromatic N) is 1. The fraction of sp³-hybridized carbons (Fsp3) is 0.158. The zero-order chi connectivity index (χ0) is 17.5. The Kier molecular flexibility index (Phi) is 5.73. The summed E-state index contributed by atoms with van der Waals surface area (Å²) in [5.74, 6) is -0.580. The average molecular weight is 324 g/mol. The number of urea groups is 1. The van der Waals surface area contributed by atoms with E-state index in [1.807, 2.05) is 60.7 Å². The number of nitrogens with two attached hydrogens (primary N) is 1. The van der Waals surface area contributed by atoms with Gasteiger partial charge >= 0.3 is 12.0 Å². The molecule has 2 aromatic rings. The van der Waals surface area contributed by atoms with Crippen LogP contribution < -0.4 is 5.73 Å². The van der Waals surface area contributed by atoms with Crippen molar-refractivity contribution in [2.45, 2.75) is 12.6 Å². The van der Waals surface area contributed by atoms with E-state index < -0.39 is 18.0 Å². The second kappa shape index (κ2) is 7.97. The van der Waals surface area contributed by atoms with Gasteiger partial charge in [0.1, 0.15) is 0 Å². The molecule has 5 heteroatoms. The summed E-state index contributed by atoms with van der Waals surface area (Å²) in [6, 6.07) is 17.2. The van der Waals surface area contributed by atoms with Crippen LogP contribution in [0.4, 0.5) is 4.79 Å². The van der Waals surface area contributed by atoms with Gasteiger partial charge < -0.3 is 15.4 Å². The van der Waals surface area contributed by atoms with Gasteiger partial charge in [0.2, 0.25) is 0 Å². The van der Waals surface area contributed by atoms with Crippen LogP contribution in [0.3, 0.4) is 0 Å². The number of hydrogen-bond acceptors (Lipinski definition) is 3. The van der Waals surface area contributed by atoms with Gasteiger partial charge in [-0.2, -0.15) is 0 Å². The highest BCUT2D eigenvalue weighted by molar-refractivity contribution is 5.90. The standard InChI is InChI=1S/C19H20N2O3/c1-14(18(22)24-2)17(16-11-7-4-8-12-16)21(19(20)23)13-15-9-5-3-6-10-15/h3-12,17H,1,13H2,2H3,(H2,20,23). The predicted molar refractivity (Wildman–Crippen MR) is 91.9 cm³/mol. The van der Waals surface area contributed by atoms with Crippen LogP contribution in [0.2, 0.25) is 0 Å².